The Hall–Kier alpha value is -0.0886. The second kappa shape index (κ2) is 39.9. The van der Waals surface area contributed by atoms with Crippen LogP contribution in [0.4, 0.5) is 0 Å². The number of carboxylic acids is 2. The standard InChI is InChI=1S/2C18H34O3.Ba/c2*1-2-3-4-11-14-17(19)15-12-9-7-5-6-8-10-13-16-18(20)21;/h2*9,12,17,19H,2-8,10-11,13-16H2,1H3,(H,20,21);/q;;+2/p-2/b2*12-9+;/t2*17-;/m11./s1. The molecule has 0 aromatic heterocycles. The number of unbranched alkanes of at least 4 members (excludes halogenated alkanes) is 16. The number of carbonyl (C=O) groups is 2. The Morgan fingerprint density at radius 2 is 0.837 bits per heavy atom. The smallest absolute Gasteiger partial charge is 0.550 e. The van der Waals surface area contributed by atoms with Gasteiger partial charge in [0, 0.05) is 11.9 Å². The molecule has 2 atom stereocenters. The van der Waals surface area contributed by atoms with Crippen LogP contribution in [-0.2, 0) is 9.59 Å². The predicted molar refractivity (Wildman–Crippen MR) is 177 cm³/mol. The molecule has 0 bridgehead atoms. The predicted octanol–water partition coefficient (Wildman–Crippen LogP) is 7.11. The summed E-state index contributed by atoms with van der Waals surface area (Å²) in [5, 5.41) is 40.0. The van der Waals surface area contributed by atoms with Gasteiger partial charge in [0.1, 0.15) is 0 Å². The molecule has 0 aliphatic rings. The van der Waals surface area contributed by atoms with Gasteiger partial charge in [-0.1, -0.05) is 128 Å². The fraction of sp³-hybridized carbons (Fsp3) is 0.833. The molecule has 0 amide bonds. The first-order valence-corrected chi connectivity index (χ1v) is 17.4. The summed E-state index contributed by atoms with van der Waals surface area (Å²) < 4.78 is 0. The molecule has 0 aromatic rings. The summed E-state index contributed by atoms with van der Waals surface area (Å²) in [5.41, 5.74) is 0. The maximum absolute atomic E-state index is 10.2. The zero-order valence-corrected chi connectivity index (χ0v) is 32.5. The van der Waals surface area contributed by atoms with E-state index in [0.29, 0.717) is 0 Å². The number of carboxylic acid groups (broad SMARTS) is 2. The quantitative estimate of drug-likeness (QED) is 0.0462. The third-order valence-electron chi connectivity index (χ3n) is 7.43. The molecule has 248 valence electrons. The number of aliphatic hydroxyl groups excluding tert-OH is 2. The summed E-state index contributed by atoms with van der Waals surface area (Å²) in [6, 6.07) is 0. The molecular formula is C36H66BaO6. The molecule has 0 aliphatic heterocycles. The average molecular weight is 732 g/mol. The van der Waals surface area contributed by atoms with E-state index in [1.807, 2.05) is 0 Å². The first kappa shape index (κ1) is 47.3. The largest absolute Gasteiger partial charge is 2.00 e. The molecular weight excluding hydrogens is 666 g/mol. The van der Waals surface area contributed by atoms with Crippen LogP contribution in [0.15, 0.2) is 24.3 Å². The molecule has 0 unspecified atom stereocenters. The topological polar surface area (TPSA) is 121 Å². The average Bonchev–Trinajstić information content (AvgIpc) is 2.95. The summed E-state index contributed by atoms with van der Waals surface area (Å²) in [6.07, 6.45) is 34.0. The Balaban J connectivity index is -0.000000727. The van der Waals surface area contributed by atoms with Crippen LogP contribution in [0.5, 0.6) is 0 Å². The summed E-state index contributed by atoms with van der Waals surface area (Å²) in [7, 11) is 0. The number of hydrogen-bond donors (Lipinski definition) is 2. The van der Waals surface area contributed by atoms with Gasteiger partial charge in [0.05, 0.1) is 12.2 Å². The Labute approximate surface area is 305 Å². The number of rotatable bonds is 30. The van der Waals surface area contributed by atoms with Crippen molar-refractivity contribution >= 4 is 60.8 Å². The first-order valence-electron chi connectivity index (χ1n) is 17.4. The fourth-order valence-electron chi connectivity index (χ4n) is 4.72. The van der Waals surface area contributed by atoms with E-state index >= 15 is 0 Å². The number of allylic oxidation sites excluding steroid dienone is 2. The van der Waals surface area contributed by atoms with Crippen molar-refractivity contribution in [2.75, 3.05) is 0 Å². The van der Waals surface area contributed by atoms with Crippen molar-refractivity contribution in [2.24, 2.45) is 0 Å². The minimum Gasteiger partial charge on any atom is -0.550 e. The summed E-state index contributed by atoms with van der Waals surface area (Å²) in [4.78, 5) is 20.4. The van der Waals surface area contributed by atoms with Crippen molar-refractivity contribution < 1.29 is 30.0 Å². The SMILES string of the molecule is CCCCCC[C@@H](O)C/C=C/CCCCCCCC(=O)[O-].CCCCCC[C@@H](O)C/C=C/CCCCCCCC(=O)[O-].[Ba+2]. The van der Waals surface area contributed by atoms with Gasteiger partial charge in [-0.3, -0.25) is 0 Å². The second-order valence-electron chi connectivity index (χ2n) is 11.8. The van der Waals surface area contributed by atoms with E-state index in [1.54, 1.807) is 0 Å². The van der Waals surface area contributed by atoms with Crippen molar-refractivity contribution in [2.45, 2.75) is 193 Å². The molecule has 43 heavy (non-hydrogen) atoms. The van der Waals surface area contributed by atoms with Crippen LogP contribution in [-0.4, -0.2) is 83.2 Å². The van der Waals surface area contributed by atoms with Gasteiger partial charge in [-0.25, -0.2) is 0 Å². The minimum absolute atomic E-state index is 0. The Kier molecular flexibility index (Phi) is 43.9. The fourth-order valence-corrected chi connectivity index (χ4v) is 4.72. The molecule has 7 heteroatoms. The number of aliphatic hydroxyl groups is 2. The molecule has 0 spiro atoms. The number of aliphatic carboxylic acids is 2. The van der Waals surface area contributed by atoms with Crippen molar-refractivity contribution in [1.29, 1.82) is 0 Å². The minimum atomic E-state index is -0.939. The van der Waals surface area contributed by atoms with E-state index in [9.17, 15) is 30.0 Å². The molecule has 0 radical (unpaired) electrons. The molecule has 0 rings (SSSR count). The van der Waals surface area contributed by atoms with Gasteiger partial charge in [-0.05, 0) is 77.0 Å². The van der Waals surface area contributed by atoms with Crippen molar-refractivity contribution in [1.82, 2.24) is 0 Å². The first-order chi connectivity index (χ1) is 20.3. The van der Waals surface area contributed by atoms with Gasteiger partial charge >= 0.3 is 48.9 Å². The third kappa shape index (κ3) is 46.5. The maximum Gasteiger partial charge on any atom is 2.00 e. The van der Waals surface area contributed by atoms with E-state index in [1.165, 1.54) is 38.5 Å². The van der Waals surface area contributed by atoms with Crippen LogP contribution < -0.4 is 10.2 Å². The molecule has 0 saturated carbocycles. The number of hydrogen-bond acceptors (Lipinski definition) is 6. The van der Waals surface area contributed by atoms with Crippen molar-refractivity contribution in [3.8, 4) is 0 Å². The van der Waals surface area contributed by atoms with Gasteiger partial charge in [0.25, 0.3) is 0 Å². The van der Waals surface area contributed by atoms with E-state index in [-0.39, 0.29) is 73.9 Å². The van der Waals surface area contributed by atoms with E-state index in [4.69, 9.17) is 0 Å². The van der Waals surface area contributed by atoms with Crippen LogP contribution in [0.2, 0.25) is 0 Å². The molecule has 0 heterocycles. The van der Waals surface area contributed by atoms with Crippen LogP contribution >= 0.6 is 0 Å². The maximum atomic E-state index is 10.2. The molecule has 2 N–H and O–H groups in total. The monoisotopic (exact) mass is 732 g/mol. The van der Waals surface area contributed by atoms with Gasteiger partial charge < -0.3 is 30.0 Å². The van der Waals surface area contributed by atoms with Crippen LogP contribution in [0.3, 0.4) is 0 Å². The zero-order chi connectivity index (χ0) is 31.5. The molecule has 0 aliphatic carbocycles. The van der Waals surface area contributed by atoms with E-state index in [2.05, 4.69) is 38.2 Å². The summed E-state index contributed by atoms with van der Waals surface area (Å²) in [6.45, 7) is 4.39. The summed E-state index contributed by atoms with van der Waals surface area (Å²) >= 11 is 0. The van der Waals surface area contributed by atoms with Crippen LogP contribution in [0, 0.1) is 0 Å². The van der Waals surface area contributed by atoms with Crippen LogP contribution in [0.25, 0.3) is 0 Å². The Morgan fingerprint density at radius 3 is 1.19 bits per heavy atom. The van der Waals surface area contributed by atoms with Gasteiger partial charge in [0.15, 0.2) is 0 Å². The van der Waals surface area contributed by atoms with E-state index < -0.39 is 11.9 Å². The van der Waals surface area contributed by atoms with Crippen molar-refractivity contribution in [3.63, 3.8) is 0 Å². The third-order valence-corrected chi connectivity index (χ3v) is 7.43. The molecule has 0 fully saturated rings. The van der Waals surface area contributed by atoms with Crippen LogP contribution in [0.1, 0.15) is 181 Å². The Bertz CT molecular complexity index is 583. The van der Waals surface area contributed by atoms with Gasteiger partial charge in [-0.15, -0.1) is 0 Å². The summed E-state index contributed by atoms with van der Waals surface area (Å²) in [5.74, 6) is -1.88. The van der Waals surface area contributed by atoms with Crippen molar-refractivity contribution in [3.05, 3.63) is 24.3 Å². The number of carbonyl (C=O) groups excluding carboxylic acids is 2. The molecule has 6 nitrogen and oxygen atoms in total. The zero-order valence-electron chi connectivity index (χ0n) is 28.1. The van der Waals surface area contributed by atoms with Gasteiger partial charge in [0.2, 0.25) is 0 Å². The Morgan fingerprint density at radius 1 is 0.512 bits per heavy atom. The molecule has 0 aromatic carbocycles. The van der Waals surface area contributed by atoms with E-state index in [0.717, 1.165) is 116 Å². The normalized spacial score (nSPS) is 12.6. The molecule has 0 saturated heterocycles. The second-order valence-corrected chi connectivity index (χ2v) is 11.8. The van der Waals surface area contributed by atoms with Gasteiger partial charge in [-0.2, -0.15) is 0 Å².